The highest BCUT2D eigenvalue weighted by Gasteiger charge is 2.50. The molecule has 1 unspecified atom stereocenters. The van der Waals surface area contributed by atoms with Crippen LogP contribution in [0.4, 0.5) is 13.2 Å². The molecule has 0 fully saturated rings. The minimum absolute atomic E-state index is 0.155. The van der Waals surface area contributed by atoms with Crippen molar-refractivity contribution in [3.8, 4) is 0 Å². The number of nitrogens with zero attached hydrogens (tertiary/aromatic N) is 3. The van der Waals surface area contributed by atoms with Crippen LogP contribution < -0.4 is 5.73 Å². The van der Waals surface area contributed by atoms with Gasteiger partial charge in [0.05, 0.1) is 11.9 Å². The van der Waals surface area contributed by atoms with Crippen LogP contribution in [-0.2, 0) is 24.4 Å². The first kappa shape index (κ1) is 14.7. The number of halogens is 3. The van der Waals surface area contributed by atoms with Gasteiger partial charge >= 0.3 is 6.18 Å². The average molecular weight is 310 g/mol. The topological polar surface area (TPSA) is 71.0 Å². The summed E-state index contributed by atoms with van der Waals surface area (Å²) in [6.45, 7) is 0.972. The smallest absolute Gasteiger partial charge is 0.364 e. The van der Waals surface area contributed by atoms with Crippen molar-refractivity contribution in [1.29, 1.82) is 0 Å². The van der Waals surface area contributed by atoms with Gasteiger partial charge in [-0.2, -0.15) is 18.3 Å². The van der Waals surface area contributed by atoms with Gasteiger partial charge in [-0.25, -0.2) is 0 Å². The molecule has 3 rings (SSSR count). The lowest BCUT2D eigenvalue weighted by molar-refractivity contribution is -0.177. The van der Waals surface area contributed by atoms with Gasteiger partial charge in [0.1, 0.15) is 0 Å². The largest absolute Gasteiger partial charge is 0.406 e. The second-order valence-corrected chi connectivity index (χ2v) is 5.25. The highest BCUT2D eigenvalue weighted by atomic mass is 19.4. The molecular formula is C14H13F3N4O. The molecule has 2 heterocycles. The Kier molecular flexibility index (Phi) is 3.48. The van der Waals surface area contributed by atoms with Crippen molar-refractivity contribution in [2.24, 2.45) is 21.9 Å². The van der Waals surface area contributed by atoms with Crippen molar-refractivity contribution in [2.45, 2.75) is 25.8 Å². The second kappa shape index (κ2) is 5.20. The van der Waals surface area contributed by atoms with Gasteiger partial charge in [0.2, 0.25) is 0 Å². The number of carbonyl (C=O) groups is 1. The van der Waals surface area contributed by atoms with Crippen molar-refractivity contribution in [3.63, 3.8) is 0 Å². The molecule has 1 aromatic rings. The van der Waals surface area contributed by atoms with Crippen molar-refractivity contribution in [3.05, 3.63) is 46.8 Å². The Labute approximate surface area is 124 Å². The number of benzene rings is 1. The minimum Gasteiger partial charge on any atom is -0.364 e. The van der Waals surface area contributed by atoms with Crippen LogP contribution in [0.3, 0.4) is 0 Å². The first-order valence-electron chi connectivity index (χ1n) is 6.67. The van der Waals surface area contributed by atoms with Crippen LogP contribution in [0.5, 0.6) is 0 Å². The van der Waals surface area contributed by atoms with Crippen molar-refractivity contribution in [2.75, 3.05) is 0 Å². The highest BCUT2D eigenvalue weighted by Crippen LogP contribution is 2.39. The number of nitrogens with two attached hydrogens (primary N) is 1. The molecule has 116 valence electrons. The van der Waals surface area contributed by atoms with E-state index in [0.717, 1.165) is 22.9 Å². The van der Waals surface area contributed by atoms with E-state index in [1.807, 2.05) is 18.2 Å². The van der Waals surface area contributed by atoms with Crippen LogP contribution in [0.2, 0.25) is 0 Å². The molecule has 2 N–H and O–H groups in total. The fourth-order valence-electron chi connectivity index (χ4n) is 2.73. The van der Waals surface area contributed by atoms with E-state index in [0.29, 0.717) is 19.6 Å². The van der Waals surface area contributed by atoms with E-state index in [1.54, 1.807) is 0 Å². The lowest BCUT2D eigenvalue weighted by Gasteiger charge is -2.28. The van der Waals surface area contributed by atoms with Gasteiger partial charge < -0.3 is 10.6 Å². The van der Waals surface area contributed by atoms with E-state index in [2.05, 4.69) is 10.2 Å². The van der Waals surface area contributed by atoms with Crippen LogP contribution in [-0.4, -0.2) is 17.0 Å². The van der Waals surface area contributed by atoms with Gasteiger partial charge in [0.25, 0.3) is 5.91 Å². The Morgan fingerprint density at radius 1 is 1.27 bits per heavy atom. The minimum atomic E-state index is -4.68. The zero-order valence-corrected chi connectivity index (χ0v) is 11.5. The van der Waals surface area contributed by atoms with Crippen LogP contribution in [0.15, 0.2) is 40.3 Å². The highest BCUT2D eigenvalue weighted by molar-refractivity contribution is 5.83. The fraction of sp³-hybridized carbons (Fsp3) is 0.357. The van der Waals surface area contributed by atoms with Gasteiger partial charge in [-0.3, -0.25) is 4.79 Å². The summed E-state index contributed by atoms with van der Waals surface area (Å²) in [5.74, 6) is -3.52. The lowest BCUT2D eigenvalue weighted by Crippen LogP contribution is -2.38. The van der Waals surface area contributed by atoms with E-state index in [-0.39, 0.29) is 5.70 Å². The van der Waals surface area contributed by atoms with E-state index >= 15 is 0 Å². The molecule has 0 saturated carbocycles. The summed E-state index contributed by atoms with van der Waals surface area (Å²) < 4.78 is 39.4. The molecule has 0 radical (unpaired) electrons. The third-order valence-corrected chi connectivity index (χ3v) is 3.81. The Bertz CT molecular complexity index is 681. The maximum absolute atomic E-state index is 13.1. The lowest BCUT2D eigenvalue weighted by atomic mass is 10.0. The number of fused-ring (bicyclic) bond motifs is 1. The number of hydrogen-bond acceptors (Lipinski definition) is 4. The molecule has 5 nitrogen and oxygen atoms in total. The number of amides is 1. The molecule has 1 amide bonds. The fourth-order valence-corrected chi connectivity index (χ4v) is 2.73. The maximum atomic E-state index is 13.1. The van der Waals surface area contributed by atoms with E-state index < -0.39 is 18.0 Å². The van der Waals surface area contributed by atoms with E-state index in [1.165, 1.54) is 4.90 Å². The predicted octanol–water partition coefficient (Wildman–Crippen LogP) is 2.47. The van der Waals surface area contributed by atoms with Gasteiger partial charge in [-0.05, 0) is 16.7 Å². The monoisotopic (exact) mass is 310 g/mol. The number of alkyl halides is 3. The quantitative estimate of drug-likeness (QED) is 0.912. The van der Waals surface area contributed by atoms with Crippen LogP contribution in [0.1, 0.15) is 16.7 Å². The van der Waals surface area contributed by atoms with Gasteiger partial charge in [0.15, 0.2) is 5.92 Å². The second-order valence-electron chi connectivity index (χ2n) is 5.25. The van der Waals surface area contributed by atoms with E-state index in [9.17, 15) is 18.0 Å². The summed E-state index contributed by atoms with van der Waals surface area (Å²) in [5.41, 5.74) is 8.18. The maximum Gasteiger partial charge on any atom is 0.406 e. The number of rotatable bonds is 2. The Hall–Kier alpha value is -2.22. The number of carbonyl (C=O) groups excluding carboxylic acids is 1. The molecule has 0 spiro atoms. The zero-order valence-electron chi connectivity index (χ0n) is 11.5. The van der Waals surface area contributed by atoms with Gasteiger partial charge in [-0.15, -0.1) is 5.11 Å². The third kappa shape index (κ3) is 2.50. The molecule has 0 bridgehead atoms. The molecule has 22 heavy (non-hydrogen) atoms. The standard InChI is InChI=1S/C14H13F3N4O/c15-14(16,17)12-11(5-19-20-13(12)22)21-6-9-2-1-8(4-18)3-10(9)7-21/h1-3,5,12H,4,6-7,18H2. The van der Waals surface area contributed by atoms with Crippen molar-refractivity contribution < 1.29 is 18.0 Å². The molecule has 0 saturated heterocycles. The summed E-state index contributed by atoms with van der Waals surface area (Å²) in [6.07, 6.45) is -3.66. The molecule has 1 atom stereocenters. The SMILES string of the molecule is NCc1ccc2c(c1)CN(C1=CN=NC(=O)C1C(F)(F)F)C2. The number of azo groups is 1. The zero-order chi connectivity index (χ0) is 15.9. The van der Waals surface area contributed by atoms with Crippen LogP contribution in [0.25, 0.3) is 0 Å². The molecule has 2 aliphatic heterocycles. The average Bonchev–Trinajstić information content (AvgIpc) is 2.88. The molecule has 0 aromatic heterocycles. The summed E-state index contributed by atoms with van der Waals surface area (Å²) in [7, 11) is 0. The number of hydrogen-bond donors (Lipinski definition) is 1. The first-order chi connectivity index (χ1) is 10.4. The summed E-state index contributed by atoms with van der Waals surface area (Å²) in [5, 5.41) is 6.42. The summed E-state index contributed by atoms with van der Waals surface area (Å²) >= 11 is 0. The first-order valence-corrected chi connectivity index (χ1v) is 6.67. The Morgan fingerprint density at radius 2 is 2.00 bits per heavy atom. The molecular weight excluding hydrogens is 297 g/mol. The Balaban J connectivity index is 1.90. The van der Waals surface area contributed by atoms with Crippen molar-refractivity contribution >= 4 is 5.91 Å². The molecule has 8 heteroatoms. The van der Waals surface area contributed by atoms with Crippen LogP contribution >= 0.6 is 0 Å². The Morgan fingerprint density at radius 3 is 2.68 bits per heavy atom. The summed E-state index contributed by atoms with van der Waals surface area (Å²) in [4.78, 5) is 13.0. The van der Waals surface area contributed by atoms with Gasteiger partial charge in [-0.1, -0.05) is 18.2 Å². The van der Waals surface area contributed by atoms with Crippen molar-refractivity contribution in [1.82, 2.24) is 4.90 Å². The normalized spacial score (nSPS) is 21.1. The molecule has 0 aliphatic carbocycles. The third-order valence-electron chi connectivity index (χ3n) is 3.81. The summed E-state index contributed by atoms with van der Waals surface area (Å²) in [6, 6.07) is 5.58. The van der Waals surface area contributed by atoms with Gasteiger partial charge in [0, 0.05) is 19.6 Å². The predicted molar refractivity (Wildman–Crippen MR) is 71.1 cm³/mol. The molecule has 2 aliphatic rings. The van der Waals surface area contributed by atoms with E-state index in [4.69, 9.17) is 5.73 Å². The van der Waals surface area contributed by atoms with Crippen LogP contribution in [0, 0.1) is 5.92 Å². The molecule has 1 aromatic carbocycles.